The summed E-state index contributed by atoms with van der Waals surface area (Å²) in [5, 5.41) is 23.2. The third kappa shape index (κ3) is 5.75. The first kappa shape index (κ1) is 41.8. The average Bonchev–Trinajstić information content (AvgIpc) is 4.24. The number of fused-ring (bicyclic) bond motifs is 18. The van der Waals surface area contributed by atoms with Crippen LogP contribution in [0.2, 0.25) is 0 Å². The van der Waals surface area contributed by atoms with Crippen molar-refractivity contribution in [2.45, 2.75) is 26.2 Å². The predicted octanol–water partition coefficient (Wildman–Crippen LogP) is 19.6. The highest BCUT2D eigenvalue weighted by Crippen LogP contribution is 2.55. The van der Waals surface area contributed by atoms with Crippen LogP contribution >= 0.6 is 22.7 Å². The molecule has 5 aromatic heterocycles. The van der Waals surface area contributed by atoms with Gasteiger partial charge in [-0.1, -0.05) is 178 Å². The summed E-state index contributed by atoms with van der Waals surface area (Å²) in [7, 11) is 0. The van der Waals surface area contributed by atoms with Gasteiger partial charge in [-0.25, -0.2) is 4.85 Å². The summed E-state index contributed by atoms with van der Waals surface area (Å²) in [4.78, 5) is 4.69. The van der Waals surface area contributed by atoms with Crippen molar-refractivity contribution in [3.63, 3.8) is 0 Å². The van der Waals surface area contributed by atoms with Crippen LogP contribution in [0, 0.1) is 17.9 Å². The number of furan rings is 1. The minimum Gasteiger partial charge on any atom is -0.454 e. The van der Waals surface area contributed by atoms with E-state index >= 15 is 0 Å². The van der Waals surface area contributed by atoms with Crippen molar-refractivity contribution in [1.82, 2.24) is 9.13 Å². The molecule has 10 aromatic carbocycles. The molecule has 73 heavy (non-hydrogen) atoms. The predicted molar refractivity (Wildman–Crippen MR) is 309 cm³/mol. The van der Waals surface area contributed by atoms with Gasteiger partial charge in [0.05, 0.1) is 55.0 Å². The van der Waals surface area contributed by atoms with E-state index in [-0.39, 0.29) is 5.41 Å². The molecule has 0 fully saturated rings. The summed E-state index contributed by atoms with van der Waals surface area (Å²) in [6.07, 6.45) is 0. The highest BCUT2D eigenvalue weighted by molar-refractivity contribution is 7.27. The number of para-hydroxylation sites is 1. The van der Waals surface area contributed by atoms with Crippen LogP contribution in [0.1, 0.15) is 31.9 Å². The number of thiophene rings is 2. The number of nitrogens with zero attached hydrogens (tertiary/aromatic N) is 4. The summed E-state index contributed by atoms with van der Waals surface area (Å²) >= 11 is 3.59. The quantitative estimate of drug-likeness (QED) is 0.165. The number of hydrogen-bond donors (Lipinski definition) is 0. The van der Waals surface area contributed by atoms with Crippen molar-refractivity contribution in [2.75, 3.05) is 0 Å². The molecule has 0 aliphatic rings. The maximum absolute atomic E-state index is 12.2. The number of rotatable bonds is 4. The second-order valence-electron chi connectivity index (χ2n) is 20.1. The Kier molecular flexibility index (Phi) is 8.73. The fraction of sp³-hybridized carbons (Fsp3) is 0.0606. The number of nitriles is 1. The summed E-state index contributed by atoms with van der Waals surface area (Å²) in [5.41, 5.74) is 11.6. The Morgan fingerprint density at radius 3 is 1.59 bits per heavy atom. The second-order valence-corrected chi connectivity index (χ2v) is 22.2. The molecule has 0 aliphatic carbocycles. The molecule has 0 amide bonds. The SMILES string of the molecule is [C-]#[N+]c1c(-c2ccccc2)c(C#N)c(-n2c3cc(C(C)(C)C)ccc3c3ccc4c5ccccc5oc4c32)c(-c2ccccc2)c1-n1c2c(ccc3c4ccccc4sc32)c2ccc3c4ccccc4sc3c21. The lowest BCUT2D eigenvalue weighted by molar-refractivity contribution is 0.591. The van der Waals surface area contributed by atoms with Gasteiger partial charge in [-0.2, -0.15) is 5.26 Å². The fourth-order valence-electron chi connectivity index (χ4n) is 11.9. The molecule has 0 atom stereocenters. The molecule has 0 unspecified atom stereocenters. The van der Waals surface area contributed by atoms with Crippen LogP contribution in [-0.4, -0.2) is 9.13 Å². The topological polar surface area (TPSA) is 51.1 Å². The number of aromatic nitrogens is 2. The maximum Gasteiger partial charge on any atom is 0.220 e. The van der Waals surface area contributed by atoms with Crippen LogP contribution in [0.5, 0.6) is 0 Å². The molecule has 342 valence electrons. The molecule has 7 heteroatoms. The smallest absolute Gasteiger partial charge is 0.220 e. The van der Waals surface area contributed by atoms with Gasteiger partial charge >= 0.3 is 0 Å². The average molecular weight is 969 g/mol. The van der Waals surface area contributed by atoms with Gasteiger partial charge in [-0.15, -0.1) is 22.7 Å². The summed E-state index contributed by atoms with van der Waals surface area (Å²) in [5.74, 6) is 0. The van der Waals surface area contributed by atoms with Gasteiger partial charge in [0, 0.05) is 74.4 Å². The van der Waals surface area contributed by atoms with E-state index < -0.39 is 0 Å². The molecule has 5 nitrogen and oxygen atoms in total. The van der Waals surface area contributed by atoms with Gasteiger partial charge in [-0.05, 0) is 52.4 Å². The Balaban J connectivity index is 1.27. The van der Waals surface area contributed by atoms with Gasteiger partial charge in [0.15, 0.2) is 5.58 Å². The van der Waals surface area contributed by atoms with Gasteiger partial charge in [0.1, 0.15) is 11.7 Å². The Hall–Kier alpha value is -8.98. The molecule has 0 radical (unpaired) electrons. The van der Waals surface area contributed by atoms with Crippen molar-refractivity contribution < 1.29 is 4.42 Å². The monoisotopic (exact) mass is 968 g/mol. The van der Waals surface area contributed by atoms with Crippen molar-refractivity contribution in [3.8, 4) is 39.7 Å². The lowest BCUT2D eigenvalue weighted by Gasteiger charge is -2.26. The molecular formula is C66H40N4OS2. The van der Waals surface area contributed by atoms with E-state index in [0.29, 0.717) is 22.5 Å². The first-order chi connectivity index (χ1) is 35.8. The molecular weight excluding hydrogens is 929 g/mol. The van der Waals surface area contributed by atoms with Crippen LogP contribution in [0.25, 0.3) is 144 Å². The van der Waals surface area contributed by atoms with E-state index in [1.165, 1.54) is 20.2 Å². The third-order valence-corrected chi connectivity index (χ3v) is 17.5. The van der Waals surface area contributed by atoms with Crippen LogP contribution in [0.15, 0.2) is 192 Å². The molecule has 0 bridgehead atoms. The standard InChI is InChI=1S/C66H40N4OS2/c1-66(2,3)39-27-28-40-44-29-32-47-41-21-11-14-24-52(41)71-63(47)59(44)69(51(40)35-39)58-50(36-67)55(37-17-7-5-8-18-37)57(68-4)62(56(58)38-19-9-6-10-20-38)70-60-45(30-33-48-42-22-12-15-25-53(42)72-64(48)60)46-31-34-49-43-23-13-16-26-54(43)73-65(49)61(46)70/h5-35H,1-3H3. The van der Waals surface area contributed by atoms with E-state index in [4.69, 9.17) is 4.42 Å². The molecule has 0 N–H and O–H groups in total. The zero-order valence-electron chi connectivity index (χ0n) is 39.9. The maximum atomic E-state index is 12.2. The normalized spacial score (nSPS) is 12.3. The van der Waals surface area contributed by atoms with Gasteiger partial charge in [-0.3, -0.25) is 0 Å². The van der Waals surface area contributed by atoms with Crippen LogP contribution in [0.3, 0.4) is 0 Å². The zero-order valence-corrected chi connectivity index (χ0v) is 41.5. The largest absolute Gasteiger partial charge is 0.454 e. The fourth-order valence-corrected chi connectivity index (χ4v) is 14.4. The lowest BCUT2D eigenvalue weighted by atomic mass is 9.86. The molecule has 0 aliphatic heterocycles. The minimum absolute atomic E-state index is 0.201. The molecule has 15 aromatic rings. The Labute approximate surface area is 427 Å². The van der Waals surface area contributed by atoms with Crippen LogP contribution < -0.4 is 0 Å². The van der Waals surface area contributed by atoms with Crippen molar-refractivity contribution in [3.05, 3.63) is 211 Å². The third-order valence-electron chi connectivity index (χ3n) is 15.1. The van der Waals surface area contributed by atoms with E-state index in [1.807, 2.05) is 48.5 Å². The summed E-state index contributed by atoms with van der Waals surface area (Å²) in [6.45, 7) is 16.3. The van der Waals surface area contributed by atoms with Crippen LogP contribution in [0.4, 0.5) is 5.69 Å². The van der Waals surface area contributed by atoms with Gasteiger partial charge in [0.25, 0.3) is 0 Å². The summed E-state index contributed by atoms with van der Waals surface area (Å²) < 4.78 is 16.5. The zero-order chi connectivity index (χ0) is 48.9. The van der Waals surface area contributed by atoms with Crippen molar-refractivity contribution in [2.24, 2.45) is 0 Å². The molecule has 15 rings (SSSR count). The highest BCUT2D eigenvalue weighted by Gasteiger charge is 2.34. The first-order valence-electron chi connectivity index (χ1n) is 24.5. The van der Waals surface area contributed by atoms with Crippen LogP contribution in [-0.2, 0) is 5.41 Å². The first-order valence-corrected chi connectivity index (χ1v) is 26.1. The van der Waals surface area contributed by atoms with E-state index in [9.17, 15) is 11.8 Å². The number of benzene rings is 10. The molecule has 5 heterocycles. The Bertz CT molecular complexity index is 4840. The molecule has 0 spiro atoms. The highest BCUT2D eigenvalue weighted by atomic mass is 32.1. The second kappa shape index (κ2) is 15.3. The Morgan fingerprint density at radius 1 is 0.493 bits per heavy atom. The summed E-state index contributed by atoms with van der Waals surface area (Å²) in [6, 6.07) is 69.3. The van der Waals surface area contributed by atoms with Crippen molar-refractivity contribution >= 4 is 134 Å². The van der Waals surface area contributed by atoms with E-state index in [0.717, 1.165) is 114 Å². The molecule has 0 saturated heterocycles. The van der Waals surface area contributed by atoms with Gasteiger partial charge < -0.3 is 13.6 Å². The lowest BCUT2D eigenvalue weighted by Crippen LogP contribution is -2.12. The minimum atomic E-state index is -0.201. The van der Waals surface area contributed by atoms with E-state index in [1.54, 1.807) is 22.7 Å². The Morgan fingerprint density at radius 2 is 1.00 bits per heavy atom. The van der Waals surface area contributed by atoms with Crippen molar-refractivity contribution in [1.29, 1.82) is 5.26 Å². The molecule has 0 saturated carbocycles. The van der Waals surface area contributed by atoms with Gasteiger partial charge in [0.2, 0.25) is 5.69 Å². The van der Waals surface area contributed by atoms with E-state index in [2.05, 4.69) is 180 Å². The number of hydrogen-bond acceptors (Lipinski definition) is 4.